The van der Waals surface area contributed by atoms with Crippen molar-refractivity contribution in [1.29, 1.82) is 5.26 Å². The van der Waals surface area contributed by atoms with Gasteiger partial charge in [0.2, 0.25) is 0 Å². The van der Waals surface area contributed by atoms with Crippen molar-refractivity contribution >= 4 is 0 Å². The summed E-state index contributed by atoms with van der Waals surface area (Å²) < 4.78 is 0. The molecule has 2 unspecified atom stereocenters. The molecule has 2 bridgehead atoms. The lowest BCUT2D eigenvalue weighted by molar-refractivity contribution is 0.121. The normalized spacial score (nSPS) is 39.8. The second kappa shape index (κ2) is 3.67. The molecule has 0 heterocycles. The maximum atomic E-state index is 8.72. The highest BCUT2D eigenvalue weighted by Crippen LogP contribution is 2.41. The molecule has 1 N–H and O–H groups in total. The molecule has 3 rings (SSSR count). The topological polar surface area (TPSA) is 35.8 Å². The Morgan fingerprint density at radius 2 is 2.00 bits per heavy atom. The third-order valence-corrected chi connectivity index (χ3v) is 3.71. The first-order valence-corrected chi connectivity index (χ1v) is 5.45. The number of rotatable bonds is 2. The summed E-state index contributed by atoms with van der Waals surface area (Å²) in [7, 11) is 0. The van der Waals surface area contributed by atoms with Crippen molar-refractivity contribution in [3.63, 3.8) is 0 Å². The van der Waals surface area contributed by atoms with Crippen molar-refractivity contribution in [1.82, 2.24) is 5.32 Å². The van der Waals surface area contributed by atoms with Gasteiger partial charge in [0, 0.05) is 6.04 Å². The van der Waals surface area contributed by atoms with Crippen LogP contribution in [0, 0.1) is 23.2 Å². The van der Waals surface area contributed by atoms with E-state index in [0.717, 1.165) is 11.8 Å². The highest BCUT2D eigenvalue weighted by atomic mass is 15.0. The van der Waals surface area contributed by atoms with Gasteiger partial charge < -0.3 is 0 Å². The molecule has 0 saturated heterocycles. The van der Waals surface area contributed by atoms with Crippen LogP contribution in [0.25, 0.3) is 0 Å². The third kappa shape index (κ3) is 1.86. The van der Waals surface area contributed by atoms with Gasteiger partial charge in [0.25, 0.3) is 0 Å². The second-order valence-corrected chi connectivity index (χ2v) is 4.64. The Kier molecular flexibility index (Phi) is 2.55. The SMILES string of the molecule is CC(C#N)NC1CC2CCC1CC2. The van der Waals surface area contributed by atoms with Gasteiger partial charge in [-0.2, -0.15) is 5.26 Å². The lowest BCUT2D eigenvalue weighted by atomic mass is 9.68. The molecule has 3 fully saturated rings. The largest absolute Gasteiger partial charge is 0.299 e. The molecule has 3 aliphatic rings. The fourth-order valence-corrected chi connectivity index (χ4v) is 2.94. The predicted molar refractivity (Wildman–Crippen MR) is 52.1 cm³/mol. The van der Waals surface area contributed by atoms with E-state index in [9.17, 15) is 0 Å². The van der Waals surface area contributed by atoms with Crippen molar-refractivity contribution < 1.29 is 0 Å². The number of nitrogens with zero attached hydrogens (tertiary/aromatic N) is 1. The Morgan fingerprint density at radius 3 is 2.46 bits per heavy atom. The van der Waals surface area contributed by atoms with Gasteiger partial charge in [0.05, 0.1) is 12.1 Å². The van der Waals surface area contributed by atoms with E-state index in [1.807, 2.05) is 6.92 Å². The van der Waals surface area contributed by atoms with Crippen LogP contribution in [0.4, 0.5) is 0 Å². The predicted octanol–water partition coefficient (Wildman–Crippen LogP) is 2.07. The fraction of sp³-hybridized carbons (Fsp3) is 0.909. The summed E-state index contributed by atoms with van der Waals surface area (Å²) in [6, 6.07) is 2.93. The number of hydrogen-bond donors (Lipinski definition) is 1. The Hall–Kier alpha value is -0.550. The summed E-state index contributed by atoms with van der Waals surface area (Å²) in [6.07, 6.45) is 6.96. The van der Waals surface area contributed by atoms with Crippen LogP contribution in [-0.4, -0.2) is 12.1 Å². The van der Waals surface area contributed by atoms with Crippen LogP contribution >= 0.6 is 0 Å². The van der Waals surface area contributed by atoms with Crippen molar-refractivity contribution in [2.75, 3.05) is 0 Å². The molecule has 0 aromatic heterocycles. The zero-order valence-electron chi connectivity index (χ0n) is 8.29. The van der Waals surface area contributed by atoms with Crippen LogP contribution < -0.4 is 5.32 Å². The number of nitriles is 1. The van der Waals surface area contributed by atoms with E-state index < -0.39 is 0 Å². The average molecular weight is 178 g/mol. The molecule has 2 atom stereocenters. The van der Waals surface area contributed by atoms with Crippen LogP contribution in [0.2, 0.25) is 0 Å². The first-order valence-electron chi connectivity index (χ1n) is 5.45. The minimum absolute atomic E-state index is 0.0318. The van der Waals surface area contributed by atoms with E-state index >= 15 is 0 Å². The van der Waals surface area contributed by atoms with Gasteiger partial charge in [-0.25, -0.2) is 0 Å². The summed E-state index contributed by atoms with van der Waals surface area (Å²) in [4.78, 5) is 0. The monoisotopic (exact) mass is 178 g/mol. The number of fused-ring (bicyclic) bond motifs is 3. The third-order valence-electron chi connectivity index (χ3n) is 3.71. The van der Waals surface area contributed by atoms with Gasteiger partial charge in [-0.3, -0.25) is 5.32 Å². The van der Waals surface area contributed by atoms with Crippen molar-refractivity contribution in [2.45, 2.75) is 51.1 Å². The molecule has 3 saturated carbocycles. The number of nitrogens with one attached hydrogen (secondary N) is 1. The molecule has 13 heavy (non-hydrogen) atoms. The Labute approximate surface area is 80.3 Å². The first-order chi connectivity index (χ1) is 6.29. The Morgan fingerprint density at radius 1 is 1.31 bits per heavy atom. The van der Waals surface area contributed by atoms with Crippen LogP contribution in [0.1, 0.15) is 39.0 Å². The van der Waals surface area contributed by atoms with Gasteiger partial charge in [0.15, 0.2) is 0 Å². The highest BCUT2D eigenvalue weighted by Gasteiger charge is 2.35. The highest BCUT2D eigenvalue weighted by molar-refractivity contribution is 4.95. The zero-order chi connectivity index (χ0) is 9.26. The molecule has 0 aliphatic heterocycles. The molecule has 2 nitrogen and oxygen atoms in total. The van der Waals surface area contributed by atoms with Crippen LogP contribution in [-0.2, 0) is 0 Å². The maximum absolute atomic E-state index is 8.72. The summed E-state index contributed by atoms with van der Waals surface area (Å²) in [5.41, 5.74) is 0. The fourth-order valence-electron chi connectivity index (χ4n) is 2.94. The van der Waals surface area contributed by atoms with Gasteiger partial charge in [-0.05, 0) is 38.0 Å². The van der Waals surface area contributed by atoms with E-state index in [-0.39, 0.29) is 6.04 Å². The first kappa shape index (κ1) is 9.02. The Balaban J connectivity index is 1.90. The minimum atomic E-state index is 0.0318. The maximum Gasteiger partial charge on any atom is 0.0926 e. The van der Waals surface area contributed by atoms with Crippen LogP contribution in [0.3, 0.4) is 0 Å². The van der Waals surface area contributed by atoms with Gasteiger partial charge >= 0.3 is 0 Å². The summed E-state index contributed by atoms with van der Waals surface area (Å²) in [5.74, 6) is 1.81. The smallest absolute Gasteiger partial charge is 0.0926 e. The molecule has 0 aromatic rings. The zero-order valence-corrected chi connectivity index (χ0v) is 8.29. The van der Waals surface area contributed by atoms with Crippen LogP contribution in [0.5, 0.6) is 0 Å². The molecule has 72 valence electrons. The molecule has 0 spiro atoms. The molecular formula is C11H18N2. The average Bonchev–Trinajstić information content (AvgIpc) is 2.19. The minimum Gasteiger partial charge on any atom is -0.299 e. The quantitative estimate of drug-likeness (QED) is 0.702. The number of hydrogen-bond acceptors (Lipinski definition) is 2. The molecule has 0 radical (unpaired) electrons. The van der Waals surface area contributed by atoms with E-state index in [1.54, 1.807) is 0 Å². The Bertz CT molecular complexity index is 211. The van der Waals surface area contributed by atoms with E-state index in [4.69, 9.17) is 5.26 Å². The summed E-state index contributed by atoms with van der Waals surface area (Å²) in [6.45, 7) is 1.96. The van der Waals surface area contributed by atoms with Gasteiger partial charge in [-0.1, -0.05) is 12.8 Å². The van der Waals surface area contributed by atoms with Crippen molar-refractivity contribution in [2.24, 2.45) is 11.8 Å². The van der Waals surface area contributed by atoms with E-state index in [1.165, 1.54) is 32.1 Å². The van der Waals surface area contributed by atoms with Gasteiger partial charge in [0.1, 0.15) is 0 Å². The second-order valence-electron chi connectivity index (χ2n) is 4.64. The van der Waals surface area contributed by atoms with Crippen molar-refractivity contribution in [3.8, 4) is 6.07 Å². The van der Waals surface area contributed by atoms with Gasteiger partial charge in [-0.15, -0.1) is 0 Å². The van der Waals surface area contributed by atoms with E-state index in [2.05, 4.69) is 11.4 Å². The molecule has 0 aromatic carbocycles. The van der Waals surface area contributed by atoms with Crippen molar-refractivity contribution in [3.05, 3.63) is 0 Å². The summed E-state index contributed by atoms with van der Waals surface area (Å²) >= 11 is 0. The lowest BCUT2D eigenvalue weighted by Crippen LogP contribution is -2.47. The molecule has 3 aliphatic carbocycles. The lowest BCUT2D eigenvalue weighted by Gasteiger charge is -2.43. The summed E-state index contributed by atoms with van der Waals surface area (Å²) in [5, 5.41) is 12.2. The van der Waals surface area contributed by atoms with Crippen LogP contribution in [0.15, 0.2) is 0 Å². The molecule has 2 heteroatoms. The standard InChI is InChI=1S/C11H18N2/c1-8(7-12)13-11-6-9-2-4-10(11)5-3-9/h8-11,13H,2-6H2,1H3. The molecular weight excluding hydrogens is 160 g/mol. The molecule has 0 amide bonds. The van der Waals surface area contributed by atoms with E-state index in [0.29, 0.717) is 6.04 Å².